The molecule has 3 unspecified atom stereocenters. The fraction of sp³-hybridized carbons (Fsp3) is 0.889. The van der Waals surface area contributed by atoms with Crippen LogP contribution in [0.1, 0.15) is 12.8 Å². The van der Waals surface area contributed by atoms with Crippen LogP contribution in [0, 0.1) is 11.8 Å². The average molecular weight is 185 g/mol. The van der Waals surface area contributed by atoms with Gasteiger partial charge in [-0.05, 0) is 12.8 Å². The zero-order chi connectivity index (χ0) is 9.26. The van der Waals surface area contributed by atoms with Crippen LogP contribution in [0.2, 0.25) is 0 Å². The first kappa shape index (κ1) is 8.97. The minimum atomic E-state index is -0.689. The molecule has 0 radical (unpaired) electrons. The van der Waals surface area contributed by atoms with Crippen LogP contribution in [0.5, 0.6) is 0 Å². The van der Waals surface area contributed by atoms with Crippen LogP contribution in [0.25, 0.3) is 0 Å². The molecule has 2 N–H and O–H groups in total. The maximum absolute atomic E-state index is 10.9. The number of carboxylic acid groups (broad SMARTS) is 1. The highest BCUT2D eigenvalue weighted by Crippen LogP contribution is 2.28. The van der Waals surface area contributed by atoms with Gasteiger partial charge < -0.3 is 15.2 Å². The van der Waals surface area contributed by atoms with Crippen molar-refractivity contribution in [2.75, 3.05) is 19.7 Å². The van der Waals surface area contributed by atoms with Gasteiger partial charge in [0.25, 0.3) is 0 Å². The van der Waals surface area contributed by atoms with Gasteiger partial charge in [-0.3, -0.25) is 4.79 Å². The topological polar surface area (TPSA) is 58.6 Å². The van der Waals surface area contributed by atoms with Crippen molar-refractivity contribution in [3.8, 4) is 0 Å². The fourth-order valence-electron chi connectivity index (χ4n) is 2.30. The lowest BCUT2D eigenvalue weighted by Crippen LogP contribution is -2.31. The zero-order valence-corrected chi connectivity index (χ0v) is 7.53. The second-order valence-corrected chi connectivity index (χ2v) is 3.82. The molecule has 0 amide bonds. The molecule has 2 rings (SSSR count). The average Bonchev–Trinajstić information content (AvgIpc) is 2.74. The summed E-state index contributed by atoms with van der Waals surface area (Å²) in [7, 11) is 0. The summed E-state index contributed by atoms with van der Waals surface area (Å²) in [6, 6.07) is 0. The van der Waals surface area contributed by atoms with E-state index in [1.54, 1.807) is 0 Å². The van der Waals surface area contributed by atoms with Gasteiger partial charge >= 0.3 is 5.97 Å². The molecule has 0 bridgehead atoms. The lowest BCUT2D eigenvalue weighted by atomic mass is 9.89. The number of nitrogens with one attached hydrogen (secondary N) is 1. The molecule has 2 heterocycles. The first-order valence-corrected chi connectivity index (χ1v) is 4.84. The van der Waals surface area contributed by atoms with E-state index in [1.807, 2.05) is 0 Å². The maximum atomic E-state index is 10.9. The molecule has 0 aromatic heterocycles. The molecule has 4 nitrogen and oxygen atoms in total. The minimum Gasteiger partial charge on any atom is -0.481 e. The monoisotopic (exact) mass is 185 g/mol. The number of rotatable bonds is 2. The minimum absolute atomic E-state index is 0.177. The van der Waals surface area contributed by atoms with E-state index in [4.69, 9.17) is 9.84 Å². The largest absolute Gasteiger partial charge is 0.481 e. The standard InChI is InChI=1S/C9H15NO3/c11-9(12)7-5-10-4-6(7)8-2-1-3-13-8/h6-8,10H,1-5H2,(H,11,12). The molecule has 2 aliphatic heterocycles. The molecular formula is C9H15NO3. The molecule has 74 valence electrons. The van der Waals surface area contributed by atoms with Crippen LogP contribution in [0.4, 0.5) is 0 Å². The van der Waals surface area contributed by atoms with Gasteiger partial charge in [0, 0.05) is 25.6 Å². The van der Waals surface area contributed by atoms with E-state index in [9.17, 15) is 4.79 Å². The molecule has 0 aliphatic carbocycles. The predicted octanol–water partition coefficient (Wildman–Crippen LogP) is 0.0856. The Balaban J connectivity index is 2.00. The van der Waals surface area contributed by atoms with Gasteiger partial charge in [0.1, 0.15) is 0 Å². The molecule has 0 saturated carbocycles. The number of ether oxygens (including phenoxy) is 1. The van der Waals surface area contributed by atoms with Crippen molar-refractivity contribution in [2.24, 2.45) is 11.8 Å². The highest BCUT2D eigenvalue weighted by Gasteiger charge is 2.39. The van der Waals surface area contributed by atoms with E-state index in [2.05, 4.69) is 5.32 Å². The molecule has 0 aromatic rings. The molecular weight excluding hydrogens is 170 g/mol. The smallest absolute Gasteiger partial charge is 0.308 e. The third-order valence-corrected chi connectivity index (χ3v) is 3.02. The van der Waals surface area contributed by atoms with E-state index >= 15 is 0 Å². The second-order valence-electron chi connectivity index (χ2n) is 3.82. The maximum Gasteiger partial charge on any atom is 0.308 e. The molecule has 2 aliphatic rings. The molecule has 2 saturated heterocycles. The molecule has 3 atom stereocenters. The molecule has 4 heteroatoms. The second kappa shape index (κ2) is 3.64. The van der Waals surface area contributed by atoms with Crippen molar-refractivity contribution >= 4 is 5.97 Å². The molecule has 0 spiro atoms. The molecule has 13 heavy (non-hydrogen) atoms. The van der Waals surface area contributed by atoms with Crippen LogP contribution in [-0.2, 0) is 9.53 Å². The number of carboxylic acids is 1. The van der Waals surface area contributed by atoms with Gasteiger partial charge in [-0.1, -0.05) is 0 Å². The van der Waals surface area contributed by atoms with Crippen molar-refractivity contribution in [1.29, 1.82) is 0 Å². The van der Waals surface area contributed by atoms with E-state index < -0.39 is 5.97 Å². The third-order valence-electron chi connectivity index (χ3n) is 3.02. The summed E-state index contributed by atoms with van der Waals surface area (Å²) in [6.45, 7) is 2.19. The number of hydrogen-bond donors (Lipinski definition) is 2. The lowest BCUT2D eigenvalue weighted by Gasteiger charge is -2.20. The van der Waals surface area contributed by atoms with Crippen molar-refractivity contribution in [2.45, 2.75) is 18.9 Å². The Morgan fingerprint density at radius 1 is 1.46 bits per heavy atom. The summed E-state index contributed by atoms with van der Waals surface area (Å²) in [5.74, 6) is -0.756. The molecule has 0 aromatic carbocycles. The van der Waals surface area contributed by atoms with Crippen molar-refractivity contribution in [3.05, 3.63) is 0 Å². The van der Waals surface area contributed by atoms with Gasteiger partial charge in [-0.2, -0.15) is 0 Å². The van der Waals surface area contributed by atoms with Crippen LogP contribution < -0.4 is 5.32 Å². The Morgan fingerprint density at radius 2 is 2.31 bits per heavy atom. The summed E-state index contributed by atoms with van der Waals surface area (Å²) < 4.78 is 5.51. The van der Waals surface area contributed by atoms with E-state index in [-0.39, 0.29) is 17.9 Å². The Kier molecular flexibility index (Phi) is 2.51. The van der Waals surface area contributed by atoms with Crippen LogP contribution in [0.3, 0.4) is 0 Å². The first-order valence-electron chi connectivity index (χ1n) is 4.84. The summed E-state index contributed by atoms with van der Waals surface area (Å²) in [4.78, 5) is 10.9. The highest BCUT2D eigenvalue weighted by molar-refractivity contribution is 5.71. The van der Waals surface area contributed by atoms with Gasteiger partial charge in [-0.25, -0.2) is 0 Å². The quantitative estimate of drug-likeness (QED) is 0.640. The van der Waals surface area contributed by atoms with Gasteiger partial charge in [0.05, 0.1) is 12.0 Å². The SMILES string of the molecule is O=C(O)C1CNCC1C1CCCO1. The van der Waals surface area contributed by atoms with Gasteiger partial charge in [0.15, 0.2) is 0 Å². The Morgan fingerprint density at radius 3 is 2.92 bits per heavy atom. The first-order chi connectivity index (χ1) is 6.29. The van der Waals surface area contributed by atoms with Gasteiger partial charge in [0.2, 0.25) is 0 Å². The molecule has 2 fully saturated rings. The summed E-state index contributed by atoms with van der Waals surface area (Å²) in [5, 5.41) is 12.1. The van der Waals surface area contributed by atoms with Crippen molar-refractivity contribution < 1.29 is 14.6 Å². The van der Waals surface area contributed by atoms with E-state index in [1.165, 1.54) is 0 Å². The Hall–Kier alpha value is -0.610. The number of hydrogen-bond acceptors (Lipinski definition) is 3. The normalized spacial score (nSPS) is 39.5. The Labute approximate surface area is 77.3 Å². The summed E-state index contributed by atoms with van der Waals surface area (Å²) in [6.07, 6.45) is 2.28. The lowest BCUT2D eigenvalue weighted by molar-refractivity contribution is -0.143. The summed E-state index contributed by atoms with van der Waals surface area (Å²) in [5.41, 5.74) is 0. The number of carbonyl (C=O) groups is 1. The van der Waals surface area contributed by atoms with Crippen LogP contribution >= 0.6 is 0 Å². The Bertz CT molecular complexity index is 201. The number of aliphatic carboxylic acids is 1. The van der Waals surface area contributed by atoms with E-state index in [0.29, 0.717) is 6.54 Å². The predicted molar refractivity (Wildman–Crippen MR) is 46.5 cm³/mol. The van der Waals surface area contributed by atoms with E-state index in [0.717, 1.165) is 26.0 Å². The zero-order valence-electron chi connectivity index (χ0n) is 7.53. The van der Waals surface area contributed by atoms with Crippen molar-refractivity contribution in [3.63, 3.8) is 0 Å². The van der Waals surface area contributed by atoms with Gasteiger partial charge in [-0.15, -0.1) is 0 Å². The van der Waals surface area contributed by atoms with Crippen LogP contribution in [-0.4, -0.2) is 36.9 Å². The third kappa shape index (κ3) is 1.69. The summed E-state index contributed by atoms with van der Waals surface area (Å²) >= 11 is 0. The van der Waals surface area contributed by atoms with Crippen molar-refractivity contribution in [1.82, 2.24) is 5.32 Å². The van der Waals surface area contributed by atoms with Crippen LogP contribution in [0.15, 0.2) is 0 Å². The fourth-order valence-corrected chi connectivity index (χ4v) is 2.30. The highest BCUT2D eigenvalue weighted by atomic mass is 16.5.